The highest BCUT2D eigenvalue weighted by Crippen LogP contribution is 2.13. The van der Waals surface area contributed by atoms with E-state index in [0.717, 1.165) is 18.0 Å². The van der Waals surface area contributed by atoms with Crippen molar-refractivity contribution in [1.29, 1.82) is 0 Å². The fraction of sp³-hybridized carbons (Fsp3) is 0.583. The number of halogens is 1. The molecule has 1 heterocycles. The first kappa shape index (κ1) is 16.0. The third-order valence-corrected chi connectivity index (χ3v) is 3.46. The quantitative estimate of drug-likeness (QED) is 0.825. The van der Waals surface area contributed by atoms with Gasteiger partial charge < -0.3 is 5.32 Å². The summed E-state index contributed by atoms with van der Waals surface area (Å²) < 4.78 is 38.0. The topological polar surface area (TPSA) is 71.1 Å². The Balaban J connectivity index is 2.61. The first-order chi connectivity index (χ1) is 8.59. The molecule has 7 heteroatoms. The molecule has 0 amide bonds. The molecule has 5 nitrogen and oxygen atoms in total. The van der Waals surface area contributed by atoms with E-state index >= 15 is 0 Å². The monoisotopic (exact) mass is 289 g/mol. The first-order valence-electron chi connectivity index (χ1n) is 5.92. The number of nitrogens with zero attached hydrogens (tertiary/aromatic N) is 1. The summed E-state index contributed by atoms with van der Waals surface area (Å²) in [5.74, 6) is -0.389. The van der Waals surface area contributed by atoms with Crippen LogP contribution in [0.3, 0.4) is 0 Å². The van der Waals surface area contributed by atoms with Gasteiger partial charge in [0.15, 0.2) is 0 Å². The minimum atomic E-state index is -3.26. The molecule has 0 fully saturated rings. The molecule has 1 aromatic heterocycles. The van der Waals surface area contributed by atoms with Crippen LogP contribution in [0.5, 0.6) is 0 Å². The van der Waals surface area contributed by atoms with Crippen LogP contribution in [0, 0.1) is 5.82 Å². The first-order valence-corrected chi connectivity index (χ1v) is 7.81. The van der Waals surface area contributed by atoms with Crippen molar-refractivity contribution in [2.45, 2.75) is 32.4 Å². The van der Waals surface area contributed by atoms with E-state index in [1.54, 1.807) is 20.0 Å². The van der Waals surface area contributed by atoms with Crippen LogP contribution in [0.25, 0.3) is 0 Å². The molecule has 2 N–H and O–H groups in total. The summed E-state index contributed by atoms with van der Waals surface area (Å²) in [6.45, 7) is 5.83. The Morgan fingerprint density at radius 1 is 1.42 bits per heavy atom. The third kappa shape index (κ3) is 6.09. The van der Waals surface area contributed by atoms with Gasteiger partial charge in [-0.2, -0.15) is 0 Å². The van der Waals surface area contributed by atoms with Crippen molar-refractivity contribution in [1.82, 2.24) is 15.0 Å². The van der Waals surface area contributed by atoms with E-state index in [2.05, 4.69) is 15.0 Å². The van der Waals surface area contributed by atoms with Crippen molar-refractivity contribution in [3.63, 3.8) is 0 Å². The second-order valence-electron chi connectivity index (χ2n) is 5.30. The van der Waals surface area contributed by atoms with Gasteiger partial charge >= 0.3 is 0 Å². The fourth-order valence-electron chi connectivity index (χ4n) is 1.73. The van der Waals surface area contributed by atoms with E-state index in [1.165, 1.54) is 6.07 Å². The van der Waals surface area contributed by atoms with Gasteiger partial charge in [0.1, 0.15) is 5.82 Å². The van der Waals surface area contributed by atoms with E-state index < -0.39 is 15.6 Å². The largest absolute Gasteiger partial charge is 0.308 e. The zero-order chi connectivity index (χ0) is 14.7. The van der Waals surface area contributed by atoms with E-state index in [0.29, 0.717) is 6.54 Å². The Kier molecular flexibility index (Phi) is 5.00. The van der Waals surface area contributed by atoms with E-state index in [-0.39, 0.29) is 11.9 Å². The Morgan fingerprint density at radius 3 is 2.58 bits per heavy atom. The molecule has 0 saturated heterocycles. The number of aromatic nitrogens is 1. The smallest absolute Gasteiger partial charge is 0.209 e. The summed E-state index contributed by atoms with van der Waals surface area (Å²) in [5, 5.41) is 3.16. The van der Waals surface area contributed by atoms with Crippen LogP contribution >= 0.6 is 0 Å². The van der Waals surface area contributed by atoms with Gasteiger partial charge in [-0.1, -0.05) is 0 Å². The highest BCUT2D eigenvalue weighted by Gasteiger charge is 2.22. The molecule has 0 aliphatic heterocycles. The average Bonchev–Trinajstić information content (AvgIpc) is 2.22. The highest BCUT2D eigenvalue weighted by atomic mass is 32.2. The molecule has 1 atom stereocenters. The highest BCUT2D eigenvalue weighted by molar-refractivity contribution is 7.88. The summed E-state index contributed by atoms with van der Waals surface area (Å²) in [4.78, 5) is 3.78. The Hall–Kier alpha value is -1.05. The molecule has 0 spiro atoms. The standard InChI is InChI=1S/C12H20FN3O2S/c1-9(10-5-11(13)7-14-6-10)15-8-12(2,3)16-19(4,17)18/h5-7,9,15-16H,8H2,1-4H3. The number of nitrogens with one attached hydrogen (secondary N) is 2. The van der Waals surface area contributed by atoms with Crippen LogP contribution < -0.4 is 10.0 Å². The van der Waals surface area contributed by atoms with Gasteiger partial charge in [0.05, 0.1) is 12.5 Å². The number of rotatable bonds is 6. The summed E-state index contributed by atoms with van der Waals surface area (Å²) in [6.07, 6.45) is 3.85. The van der Waals surface area contributed by atoms with Gasteiger partial charge in [-0.15, -0.1) is 0 Å². The Labute approximate surface area is 113 Å². The molecule has 1 aromatic rings. The zero-order valence-electron chi connectivity index (χ0n) is 11.6. The average molecular weight is 289 g/mol. The van der Waals surface area contributed by atoms with Crippen molar-refractivity contribution >= 4 is 10.0 Å². The van der Waals surface area contributed by atoms with Gasteiger partial charge in [0, 0.05) is 24.3 Å². The summed E-state index contributed by atoms with van der Waals surface area (Å²) in [6, 6.07) is 1.28. The van der Waals surface area contributed by atoms with Crippen molar-refractivity contribution in [3.05, 3.63) is 29.8 Å². The fourth-order valence-corrected chi connectivity index (χ4v) is 2.81. The van der Waals surface area contributed by atoms with Crippen molar-refractivity contribution < 1.29 is 12.8 Å². The lowest BCUT2D eigenvalue weighted by Gasteiger charge is -2.27. The van der Waals surface area contributed by atoms with Crippen LogP contribution in [0.1, 0.15) is 32.4 Å². The van der Waals surface area contributed by atoms with Gasteiger partial charge in [-0.05, 0) is 32.4 Å². The van der Waals surface area contributed by atoms with Crippen LogP contribution in [-0.4, -0.2) is 31.7 Å². The lowest BCUT2D eigenvalue weighted by Crippen LogP contribution is -2.50. The van der Waals surface area contributed by atoms with Crippen LogP contribution in [-0.2, 0) is 10.0 Å². The number of pyridine rings is 1. The normalized spacial score (nSPS) is 14.4. The number of hydrogen-bond donors (Lipinski definition) is 2. The van der Waals surface area contributed by atoms with Gasteiger partial charge in [0.2, 0.25) is 10.0 Å². The SMILES string of the molecule is CC(NCC(C)(C)NS(C)(=O)=O)c1cncc(F)c1. The molecule has 0 bridgehead atoms. The van der Waals surface area contributed by atoms with Crippen molar-refractivity contribution in [3.8, 4) is 0 Å². The minimum absolute atomic E-state index is 0.121. The van der Waals surface area contributed by atoms with Crippen LogP contribution in [0.4, 0.5) is 4.39 Å². The van der Waals surface area contributed by atoms with Crippen LogP contribution in [0.15, 0.2) is 18.5 Å². The molecule has 0 aliphatic rings. The molecule has 108 valence electrons. The van der Waals surface area contributed by atoms with Gasteiger partial charge in [-0.25, -0.2) is 17.5 Å². The summed E-state index contributed by atoms with van der Waals surface area (Å²) >= 11 is 0. The molecule has 1 unspecified atom stereocenters. The zero-order valence-corrected chi connectivity index (χ0v) is 12.4. The lowest BCUT2D eigenvalue weighted by molar-refractivity contribution is 0.398. The van der Waals surface area contributed by atoms with Gasteiger partial charge in [0.25, 0.3) is 0 Å². The van der Waals surface area contributed by atoms with E-state index in [9.17, 15) is 12.8 Å². The van der Waals surface area contributed by atoms with Gasteiger partial charge in [-0.3, -0.25) is 4.98 Å². The third-order valence-electron chi connectivity index (χ3n) is 2.54. The molecule has 19 heavy (non-hydrogen) atoms. The molecule has 0 saturated carbocycles. The molecule has 0 aliphatic carbocycles. The minimum Gasteiger partial charge on any atom is -0.308 e. The maximum atomic E-state index is 13.0. The maximum Gasteiger partial charge on any atom is 0.209 e. The lowest BCUT2D eigenvalue weighted by atomic mass is 10.1. The number of sulfonamides is 1. The van der Waals surface area contributed by atoms with E-state index in [4.69, 9.17) is 0 Å². The molecular weight excluding hydrogens is 269 g/mol. The summed E-state index contributed by atoms with van der Waals surface area (Å²) in [7, 11) is -3.26. The summed E-state index contributed by atoms with van der Waals surface area (Å²) in [5.41, 5.74) is 0.0953. The van der Waals surface area contributed by atoms with Crippen molar-refractivity contribution in [2.75, 3.05) is 12.8 Å². The predicted octanol–water partition coefficient (Wildman–Crippen LogP) is 1.20. The molecular formula is C12H20FN3O2S. The van der Waals surface area contributed by atoms with Crippen LogP contribution in [0.2, 0.25) is 0 Å². The maximum absolute atomic E-state index is 13.0. The Morgan fingerprint density at radius 2 is 2.05 bits per heavy atom. The number of hydrogen-bond acceptors (Lipinski definition) is 4. The molecule has 0 radical (unpaired) electrons. The second-order valence-corrected chi connectivity index (χ2v) is 7.05. The molecule has 0 aromatic carbocycles. The Bertz CT molecular complexity index is 532. The molecule has 1 rings (SSSR count). The van der Waals surface area contributed by atoms with E-state index in [1.807, 2.05) is 6.92 Å². The second kappa shape index (κ2) is 5.94. The predicted molar refractivity (Wildman–Crippen MR) is 72.7 cm³/mol. The van der Waals surface area contributed by atoms with Crippen molar-refractivity contribution in [2.24, 2.45) is 0 Å².